The van der Waals surface area contributed by atoms with Crippen molar-refractivity contribution in [2.75, 3.05) is 0 Å². The monoisotopic (exact) mass is 513 g/mol. The van der Waals surface area contributed by atoms with Crippen LogP contribution in [0, 0.1) is 0 Å². The molecular weight excluding hydrogens is 470 g/mol. The van der Waals surface area contributed by atoms with Crippen molar-refractivity contribution in [2.45, 2.75) is 97.8 Å². The first-order valence-electron chi connectivity index (χ1n) is 10.8. The summed E-state index contributed by atoms with van der Waals surface area (Å²) in [6, 6.07) is 4.15. The Morgan fingerprint density at radius 3 is 1.89 bits per heavy atom. The lowest BCUT2D eigenvalue weighted by Gasteiger charge is -2.39. The smallest absolute Gasteiger partial charge is 0.237 e. The van der Waals surface area contributed by atoms with Crippen LogP contribution in [-0.2, 0) is 4.12 Å². The molecule has 0 fully saturated rings. The molecule has 0 heterocycles. The zero-order chi connectivity index (χ0) is 22.0. The average Bonchev–Trinajstić information content (AvgIpc) is 2.50. The van der Waals surface area contributed by atoms with Gasteiger partial charge in [-0.05, 0) is 84.5 Å². The molecule has 0 aromatic carbocycles. The Morgan fingerprint density at radius 1 is 1.00 bits per heavy atom. The molecule has 0 saturated carbocycles. The van der Waals surface area contributed by atoms with E-state index < -0.39 is 24.1 Å². The number of allylic oxidation sites excluding steroid dienone is 2. The number of hydrogen-bond acceptors (Lipinski definition) is 2. The van der Waals surface area contributed by atoms with Crippen molar-refractivity contribution in [3.8, 4) is 0 Å². The zero-order valence-electron chi connectivity index (χ0n) is 19.9. The van der Waals surface area contributed by atoms with Gasteiger partial charge in [0, 0.05) is 0 Å². The fourth-order valence-corrected chi connectivity index (χ4v) is 19.4. The van der Waals surface area contributed by atoms with Crippen LogP contribution < -0.4 is 0 Å². The van der Waals surface area contributed by atoms with E-state index in [-0.39, 0.29) is 19.4 Å². The molecule has 0 aliphatic rings. The summed E-state index contributed by atoms with van der Waals surface area (Å²) in [5.74, 6) is 0. The second-order valence-electron chi connectivity index (χ2n) is 9.69. The highest BCUT2D eigenvalue weighted by molar-refractivity contribution is 7.33. The van der Waals surface area contributed by atoms with Gasteiger partial charge in [-0.2, -0.15) is 22.2 Å². The number of rotatable bonds is 14. The van der Waals surface area contributed by atoms with Crippen LogP contribution in [0.25, 0.3) is 0 Å². The number of hydrogen-bond donors (Lipinski definition) is 0. The minimum atomic E-state index is -1.71. The van der Waals surface area contributed by atoms with Gasteiger partial charge < -0.3 is 8.35 Å². The van der Waals surface area contributed by atoms with Gasteiger partial charge in [-0.3, -0.25) is 0 Å². The minimum absolute atomic E-state index is 0.315. The minimum Gasteiger partial charge on any atom is -0.455 e. The van der Waals surface area contributed by atoms with Gasteiger partial charge in [0.1, 0.15) is 19.4 Å². The quantitative estimate of drug-likeness (QED) is 0.221. The predicted octanol–water partition coefficient (Wildman–Crippen LogP) is 5.60. The van der Waals surface area contributed by atoms with Gasteiger partial charge in [0.25, 0.3) is 0 Å². The largest absolute Gasteiger partial charge is 0.455 e. The lowest BCUT2D eigenvalue weighted by Crippen LogP contribution is -2.50. The molecule has 0 aromatic rings. The molecule has 0 aromatic heterocycles. The normalized spacial score (nSPS) is 14.6. The maximum absolute atomic E-state index is 6.92. The van der Waals surface area contributed by atoms with Gasteiger partial charge in [0.05, 0.1) is 0 Å². The Morgan fingerprint density at radius 2 is 1.50 bits per heavy atom. The Bertz CT molecular complexity index is 485. The van der Waals surface area contributed by atoms with Crippen LogP contribution in [0.3, 0.4) is 0 Å². The second kappa shape index (κ2) is 14.2. The summed E-state index contributed by atoms with van der Waals surface area (Å²) in [6.07, 6.45) is 2.37. The van der Waals surface area contributed by atoms with Gasteiger partial charge in [0.2, 0.25) is 7.42 Å². The van der Waals surface area contributed by atoms with E-state index in [1.54, 1.807) is 0 Å². The van der Waals surface area contributed by atoms with E-state index in [0.29, 0.717) is 6.04 Å². The SMILES string of the molecule is CCC(C[Si](C)(C)O[Si](C)(C)CCC[SiH](Cl)Cl)N([SiH2]C=C(C)C)[SiH2]C=C(C)C. The molecule has 0 bridgehead atoms. The molecule has 0 radical (unpaired) electrons. The highest BCUT2D eigenvalue weighted by atomic mass is 35.7. The molecular formula is C19H45Cl2NOSi5. The summed E-state index contributed by atoms with van der Waals surface area (Å²) in [6.45, 7) is 21.0. The Labute approximate surface area is 193 Å². The molecule has 0 saturated heterocycles. The summed E-state index contributed by atoms with van der Waals surface area (Å²) in [4.78, 5) is 0. The summed E-state index contributed by atoms with van der Waals surface area (Å²) in [7, 11) is -5.46. The first-order chi connectivity index (χ1) is 12.8. The lowest BCUT2D eigenvalue weighted by molar-refractivity contribution is 0.457. The topological polar surface area (TPSA) is 12.5 Å². The van der Waals surface area contributed by atoms with E-state index in [4.69, 9.17) is 26.3 Å². The van der Waals surface area contributed by atoms with Gasteiger partial charge in [-0.1, -0.05) is 35.9 Å². The number of halogens is 2. The molecule has 1 unspecified atom stereocenters. The molecule has 0 N–H and O–H groups in total. The molecule has 28 heavy (non-hydrogen) atoms. The maximum atomic E-state index is 6.92. The highest BCUT2D eigenvalue weighted by Gasteiger charge is 2.35. The van der Waals surface area contributed by atoms with Gasteiger partial charge in [-0.15, -0.1) is 0 Å². The van der Waals surface area contributed by atoms with Gasteiger partial charge >= 0.3 is 0 Å². The predicted molar refractivity (Wildman–Crippen MR) is 146 cm³/mol. The average molecular weight is 515 g/mol. The molecule has 0 spiro atoms. The van der Waals surface area contributed by atoms with Crippen molar-refractivity contribution in [3.63, 3.8) is 0 Å². The van der Waals surface area contributed by atoms with E-state index >= 15 is 0 Å². The third-order valence-electron chi connectivity index (χ3n) is 4.94. The van der Waals surface area contributed by atoms with Crippen LogP contribution in [0.4, 0.5) is 0 Å². The van der Waals surface area contributed by atoms with Crippen LogP contribution >= 0.6 is 22.2 Å². The zero-order valence-corrected chi connectivity index (χ0v) is 27.4. The fourth-order valence-electron chi connectivity index (χ4n) is 3.59. The molecule has 2 nitrogen and oxygen atoms in total. The van der Waals surface area contributed by atoms with Crippen LogP contribution in [0.15, 0.2) is 22.5 Å². The van der Waals surface area contributed by atoms with Crippen LogP contribution in [-0.4, -0.2) is 53.7 Å². The third-order valence-corrected chi connectivity index (χ3v) is 20.0. The molecule has 0 rings (SSSR count). The van der Waals surface area contributed by atoms with Gasteiger partial charge in [0.15, 0.2) is 16.6 Å². The Hall–Kier alpha value is 1.06. The Kier molecular flexibility index (Phi) is 14.7. The molecule has 0 amide bonds. The molecule has 166 valence electrons. The molecule has 0 aliphatic heterocycles. The van der Waals surface area contributed by atoms with E-state index in [1.807, 2.05) is 0 Å². The fraction of sp³-hybridized carbons (Fsp3) is 0.789. The van der Waals surface area contributed by atoms with Crippen molar-refractivity contribution < 1.29 is 4.12 Å². The molecule has 1 atom stereocenters. The third kappa shape index (κ3) is 15.0. The Balaban J connectivity index is 5.10. The van der Waals surface area contributed by atoms with E-state index in [0.717, 1.165) is 12.5 Å². The summed E-state index contributed by atoms with van der Waals surface area (Å²) < 4.78 is 9.83. The van der Waals surface area contributed by atoms with E-state index in [1.165, 1.54) is 29.7 Å². The van der Waals surface area contributed by atoms with E-state index in [2.05, 4.69) is 76.4 Å². The van der Waals surface area contributed by atoms with Gasteiger partial charge in [-0.25, -0.2) is 0 Å². The second-order valence-corrected chi connectivity index (χ2v) is 27.7. The number of nitrogens with zero attached hydrogens (tertiary/aromatic N) is 1. The summed E-state index contributed by atoms with van der Waals surface area (Å²) in [5, 5.41) is 0. The lowest BCUT2D eigenvalue weighted by atomic mass is 10.3. The van der Waals surface area contributed by atoms with Crippen molar-refractivity contribution in [3.05, 3.63) is 22.5 Å². The van der Waals surface area contributed by atoms with Crippen LogP contribution in [0.1, 0.15) is 47.5 Å². The molecule has 9 heteroatoms. The van der Waals surface area contributed by atoms with E-state index in [9.17, 15) is 0 Å². The van der Waals surface area contributed by atoms with Crippen molar-refractivity contribution >= 4 is 65.6 Å². The van der Waals surface area contributed by atoms with Crippen molar-refractivity contribution in [2.24, 2.45) is 0 Å². The summed E-state index contributed by atoms with van der Waals surface area (Å²) >= 11 is 12.1. The first-order valence-corrected chi connectivity index (χ1v) is 24.2. The van der Waals surface area contributed by atoms with Crippen LogP contribution in [0.5, 0.6) is 0 Å². The standard InChI is InChI=1S/C19H45Cl2NOSi5/c1-10-19(22(24-14-17(2)3)25-15-18(4)5)16-28(8,9)23-27(6,7)13-11-12-26(20)21/h14-15,19,26H,10-13,16,24-25H2,1-9H3. The van der Waals surface area contributed by atoms with Crippen LogP contribution in [0.2, 0.25) is 44.3 Å². The van der Waals surface area contributed by atoms with Crippen molar-refractivity contribution in [1.82, 2.24) is 4.23 Å². The summed E-state index contributed by atoms with van der Waals surface area (Å²) in [5.41, 5.74) is 8.00. The highest BCUT2D eigenvalue weighted by Crippen LogP contribution is 2.27. The first kappa shape index (κ1) is 29.1. The van der Waals surface area contributed by atoms with Crippen molar-refractivity contribution in [1.29, 1.82) is 0 Å². The maximum Gasteiger partial charge on any atom is 0.237 e. The molecule has 0 aliphatic carbocycles.